The molecule has 4 heteroatoms. The largest absolute Gasteiger partial charge is 0.491 e. The Morgan fingerprint density at radius 2 is 1.77 bits per heavy atom. The lowest BCUT2D eigenvalue weighted by molar-refractivity contribution is 0.242. The van der Waals surface area contributed by atoms with Crippen LogP contribution in [0, 0.1) is 0 Å². The second-order valence-corrected chi connectivity index (χ2v) is 7.48. The lowest BCUT2D eigenvalue weighted by atomic mass is 10.0. The maximum absolute atomic E-state index is 5.70. The van der Waals surface area contributed by atoms with E-state index in [-0.39, 0.29) is 6.10 Å². The molecule has 0 unspecified atom stereocenters. The minimum Gasteiger partial charge on any atom is -0.491 e. The molecule has 0 atom stereocenters. The van der Waals surface area contributed by atoms with Crippen molar-refractivity contribution in [3.63, 3.8) is 0 Å². The number of nitrogens with one attached hydrogen (secondary N) is 2. The Labute approximate surface area is 163 Å². The van der Waals surface area contributed by atoms with Gasteiger partial charge in [0, 0.05) is 18.3 Å². The van der Waals surface area contributed by atoms with Gasteiger partial charge in [0.05, 0.1) is 6.10 Å². The normalized spacial score (nSPS) is 10.8. The minimum atomic E-state index is 0.157. The minimum absolute atomic E-state index is 0.157. The molecule has 0 saturated heterocycles. The van der Waals surface area contributed by atoms with Crippen LogP contribution in [-0.2, 0) is 6.42 Å². The fourth-order valence-electron chi connectivity index (χ4n) is 2.66. The van der Waals surface area contributed by atoms with E-state index in [0.29, 0.717) is 11.0 Å². The number of thiocarbonyl (C=S) groups is 1. The van der Waals surface area contributed by atoms with Crippen LogP contribution in [0.3, 0.4) is 0 Å². The second-order valence-electron chi connectivity index (χ2n) is 7.08. The molecule has 0 radical (unpaired) electrons. The Morgan fingerprint density at radius 1 is 1.04 bits per heavy atom. The third-order valence-electron chi connectivity index (χ3n) is 4.04. The van der Waals surface area contributed by atoms with Crippen LogP contribution >= 0.6 is 12.2 Å². The lowest BCUT2D eigenvalue weighted by Crippen LogP contribution is -2.29. The van der Waals surface area contributed by atoms with Crippen molar-refractivity contribution < 1.29 is 4.74 Å². The van der Waals surface area contributed by atoms with E-state index < -0.39 is 0 Å². The molecular formula is C22H30N2OS. The molecule has 0 aliphatic carbocycles. The number of benzene rings is 2. The molecule has 0 bridgehead atoms. The SMILES string of the molecule is CC(C)Oc1cccc(NC(=S)NCCCc2ccc(C(C)C)cc2)c1. The predicted octanol–water partition coefficient (Wildman–Crippen LogP) is 5.52. The van der Waals surface area contributed by atoms with E-state index in [1.54, 1.807) is 0 Å². The molecule has 0 aliphatic rings. The van der Waals surface area contributed by atoms with Crippen molar-refractivity contribution in [3.8, 4) is 5.75 Å². The molecule has 0 amide bonds. The first-order valence-electron chi connectivity index (χ1n) is 9.34. The van der Waals surface area contributed by atoms with E-state index in [2.05, 4.69) is 48.7 Å². The van der Waals surface area contributed by atoms with Crippen LogP contribution in [0.4, 0.5) is 5.69 Å². The number of aryl methyl sites for hydroxylation is 1. The molecule has 3 nitrogen and oxygen atoms in total. The first-order chi connectivity index (χ1) is 12.4. The van der Waals surface area contributed by atoms with E-state index in [1.807, 2.05) is 38.1 Å². The fraction of sp³-hybridized carbons (Fsp3) is 0.409. The quantitative estimate of drug-likeness (QED) is 0.474. The smallest absolute Gasteiger partial charge is 0.170 e. The maximum atomic E-state index is 5.70. The van der Waals surface area contributed by atoms with Gasteiger partial charge in [-0.2, -0.15) is 0 Å². The van der Waals surface area contributed by atoms with Gasteiger partial charge in [-0.15, -0.1) is 0 Å². The van der Waals surface area contributed by atoms with Crippen molar-refractivity contribution >= 4 is 23.0 Å². The Morgan fingerprint density at radius 3 is 2.42 bits per heavy atom. The van der Waals surface area contributed by atoms with E-state index in [0.717, 1.165) is 30.8 Å². The van der Waals surface area contributed by atoms with Gasteiger partial charge in [-0.05, 0) is 68.1 Å². The van der Waals surface area contributed by atoms with Crippen LogP contribution in [0.5, 0.6) is 5.75 Å². The summed E-state index contributed by atoms with van der Waals surface area (Å²) < 4.78 is 5.70. The Balaban J connectivity index is 1.72. The number of anilines is 1. The Bertz CT molecular complexity index is 696. The van der Waals surface area contributed by atoms with Gasteiger partial charge >= 0.3 is 0 Å². The van der Waals surface area contributed by atoms with E-state index in [1.165, 1.54) is 11.1 Å². The first kappa shape index (κ1) is 20.2. The molecule has 2 N–H and O–H groups in total. The molecule has 2 rings (SSSR count). The van der Waals surface area contributed by atoms with E-state index >= 15 is 0 Å². The van der Waals surface area contributed by atoms with Gasteiger partial charge in [-0.3, -0.25) is 0 Å². The van der Waals surface area contributed by atoms with Crippen molar-refractivity contribution in [2.45, 2.75) is 52.6 Å². The highest BCUT2D eigenvalue weighted by atomic mass is 32.1. The number of hydrogen-bond donors (Lipinski definition) is 2. The van der Waals surface area contributed by atoms with Gasteiger partial charge in [0.1, 0.15) is 5.75 Å². The topological polar surface area (TPSA) is 33.3 Å². The lowest BCUT2D eigenvalue weighted by Gasteiger charge is -2.13. The van der Waals surface area contributed by atoms with Crippen molar-refractivity contribution in [2.75, 3.05) is 11.9 Å². The molecule has 0 aromatic heterocycles. The van der Waals surface area contributed by atoms with Gasteiger partial charge < -0.3 is 15.4 Å². The standard InChI is InChI=1S/C22H30N2OS/c1-16(2)19-12-10-18(11-13-19)7-6-14-23-22(26)24-20-8-5-9-21(15-20)25-17(3)4/h5,8-13,15-17H,6-7,14H2,1-4H3,(H2,23,24,26). The van der Waals surface area contributed by atoms with Crippen molar-refractivity contribution in [1.29, 1.82) is 0 Å². The molecule has 0 fully saturated rings. The summed E-state index contributed by atoms with van der Waals surface area (Å²) in [6, 6.07) is 16.8. The van der Waals surface area contributed by atoms with Crippen molar-refractivity contribution in [3.05, 3.63) is 59.7 Å². The monoisotopic (exact) mass is 370 g/mol. The summed E-state index contributed by atoms with van der Waals surface area (Å²) in [4.78, 5) is 0. The summed E-state index contributed by atoms with van der Waals surface area (Å²) >= 11 is 5.38. The maximum Gasteiger partial charge on any atom is 0.170 e. The fourth-order valence-corrected chi connectivity index (χ4v) is 2.88. The van der Waals surface area contributed by atoms with Gasteiger partial charge in [0.25, 0.3) is 0 Å². The number of ether oxygens (including phenoxy) is 1. The van der Waals surface area contributed by atoms with Gasteiger partial charge in [-0.25, -0.2) is 0 Å². The van der Waals surface area contributed by atoms with Crippen LogP contribution < -0.4 is 15.4 Å². The summed E-state index contributed by atoms with van der Waals surface area (Å²) in [5.74, 6) is 1.43. The molecular weight excluding hydrogens is 340 g/mol. The van der Waals surface area contributed by atoms with Crippen LogP contribution in [0.25, 0.3) is 0 Å². The summed E-state index contributed by atoms with van der Waals surface area (Å²) in [5, 5.41) is 7.13. The highest BCUT2D eigenvalue weighted by Crippen LogP contribution is 2.18. The zero-order valence-electron chi connectivity index (χ0n) is 16.2. The van der Waals surface area contributed by atoms with Crippen LogP contribution in [0.2, 0.25) is 0 Å². The summed E-state index contributed by atoms with van der Waals surface area (Å²) in [6.07, 6.45) is 2.25. The zero-order chi connectivity index (χ0) is 18.9. The van der Waals surface area contributed by atoms with Crippen molar-refractivity contribution in [1.82, 2.24) is 5.32 Å². The third kappa shape index (κ3) is 7.04. The molecule has 0 heterocycles. The molecule has 140 valence electrons. The average molecular weight is 371 g/mol. The summed E-state index contributed by atoms with van der Waals surface area (Å²) in [6.45, 7) is 9.32. The zero-order valence-corrected chi connectivity index (χ0v) is 17.0. The van der Waals surface area contributed by atoms with Crippen LogP contribution in [0.1, 0.15) is 51.2 Å². The van der Waals surface area contributed by atoms with Crippen LogP contribution in [-0.4, -0.2) is 17.8 Å². The molecule has 0 aliphatic heterocycles. The highest BCUT2D eigenvalue weighted by Gasteiger charge is 2.02. The Hall–Kier alpha value is -2.07. The molecule has 0 saturated carbocycles. The predicted molar refractivity (Wildman–Crippen MR) is 115 cm³/mol. The Kier molecular flexibility index (Phi) is 7.92. The average Bonchev–Trinajstić information content (AvgIpc) is 2.59. The third-order valence-corrected chi connectivity index (χ3v) is 4.28. The van der Waals surface area contributed by atoms with Crippen LogP contribution in [0.15, 0.2) is 48.5 Å². The first-order valence-corrected chi connectivity index (χ1v) is 9.75. The summed E-state index contributed by atoms with van der Waals surface area (Å²) in [7, 11) is 0. The number of hydrogen-bond acceptors (Lipinski definition) is 2. The summed E-state index contributed by atoms with van der Waals surface area (Å²) in [5.41, 5.74) is 3.69. The molecule has 2 aromatic carbocycles. The molecule has 26 heavy (non-hydrogen) atoms. The van der Waals surface area contributed by atoms with Gasteiger partial charge in [0.15, 0.2) is 5.11 Å². The van der Waals surface area contributed by atoms with Crippen molar-refractivity contribution in [2.24, 2.45) is 0 Å². The van der Waals surface area contributed by atoms with Gasteiger partial charge in [-0.1, -0.05) is 44.2 Å². The van der Waals surface area contributed by atoms with E-state index in [4.69, 9.17) is 17.0 Å². The van der Waals surface area contributed by atoms with E-state index in [9.17, 15) is 0 Å². The second kappa shape index (κ2) is 10.2. The highest BCUT2D eigenvalue weighted by molar-refractivity contribution is 7.80. The molecule has 2 aromatic rings. The van der Waals surface area contributed by atoms with Gasteiger partial charge in [0.2, 0.25) is 0 Å². The number of rotatable bonds is 8. The molecule has 0 spiro atoms.